The van der Waals surface area contributed by atoms with Crippen LogP contribution in [0.3, 0.4) is 0 Å². The molecule has 58 valence electrons. The molecule has 1 aromatic rings. The normalized spacial score (nSPS) is 7.40. The summed E-state index contributed by atoms with van der Waals surface area (Å²) in [6.07, 6.45) is 3.68. The van der Waals surface area contributed by atoms with Gasteiger partial charge >= 0.3 is 0 Å². The topological polar surface area (TPSA) is 12.9 Å². The van der Waals surface area contributed by atoms with Crippen LogP contribution in [0.1, 0.15) is 26.0 Å². The Morgan fingerprint density at radius 3 is 2.00 bits per heavy atom. The van der Waals surface area contributed by atoms with Gasteiger partial charge in [-0.3, -0.25) is 4.98 Å². The second kappa shape index (κ2) is 4.98. The standard InChI is InChI=1S/C7H9N.2CH4/c1-6-3-4-8-5-7(6)2;;/h3-5H,1-2H3;2*1H4. The first-order valence-electron chi connectivity index (χ1n) is 2.68. The number of pyridine rings is 1. The lowest BCUT2D eigenvalue weighted by Crippen LogP contribution is -1.78. The first kappa shape index (κ1) is 11.9. The highest BCUT2D eigenvalue weighted by atomic mass is 14.6. The van der Waals surface area contributed by atoms with Crippen LogP contribution in [0.5, 0.6) is 0 Å². The number of hydrogen-bond donors (Lipinski definition) is 0. The number of aryl methyl sites for hydroxylation is 2. The number of aromatic nitrogens is 1. The van der Waals surface area contributed by atoms with Crippen molar-refractivity contribution < 1.29 is 0 Å². The smallest absolute Gasteiger partial charge is 0.0299 e. The van der Waals surface area contributed by atoms with Gasteiger partial charge in [-0.1, -0.05) is 14.9 Å². The SMILES string of the molecule is C.C.Cc1ccncc1C. The van der Waals surface area contributed by atoms with Gasteiger partial charge in [0.05, 0.1) is 0 Å². The summed E-state index contributed by atoms with van der Waals surface area (Å²) < 4.78 is 0. The van der Waals surface area contributed by atoms with Crippen molar-refractivity contribution in [1.82, 2.24) is 4.98 Å². The molecule has 0 aliphatic rings. The van der Waals surface area contributed by atoms with Crippen LogP contribution in [0.2, 0.25) is 0 Å². The van der Waals surface area contributed by atoms with Crippen molar-refractivity contribution in [2.75, 3.05) is 0 Å². The molecule has 0 atom stereocenters. The lowest BCUT2D eigenvalue weighted by atomic mass is 10.2. The Morgan fingerprint density at radius 1 is 1.10 bits per heavy atom. The number of nitrogens with zero attached hydrogens (tertiary/aromatic N) is 1. The monoisotopic (exact) mass is 139 g/mol. The molecule has 0 fully saturated rings. The molecule has 0 aromatic carbocycles. The Bertz CT molecular complexity index is 161. The molecule has 0 bridgehead atoms. The predicted octanol–water partition coefficient (Wildman–Crippen LogP) is 2.97. The zero-order valence-electron chi connectivity index (χ0n) is 5.18. The molecule has 0 amide bonds. The van der Waals surface area contributed by atoms with E-state index in [2.05, 4.69) is 18.8 Å². The molecule has 1 rings (SSSR count). The summed E-state index contributed by atoms with van der Waals surface area (Å²) in [5.41, 5.74) is 2.56. The van der Waals surface area contributed by atoms with Gasteiger partial charge in [0.15, 0.2) is 0 Å². The van der Waals surface area contributed by atoms with Gasteiger partial charge in [-0.05, 0) is 31.0 Å². The molecular weight excluding hydrogens is 122 g/mol. The van der Waals surface area contributed by atoms with Crippen molar-refractivity contribution in [2.45, 2.75) is 28.7 Å². The number of hydrogen-bond acceptors (Lipinski definition) is 1. The van der Waals surface area contributed by atoms with E-state index in [-0.39, 0.29) is 14.9 Å². The maximum atomic E-state index is 3.95. The van der Waals surface area contributed by atoms with Crippen molar-refractivity contribution in [2.24, 2.45) is 0 Å². The van der Waals surface area contributed by atoms with E-state index in [4.69, 9.17) is 0 Å². The van der Waals surface area contributed by atoms with E-state index in [0.29, 0.717) is 0 Å². The van der Waals surface area contributed by atoms with Gasteiger partial charge in [0, 0.05) is 12.4 Å². The van der Waals surface area contributed by atoms with Gasteiger partial charge in [0.25, 0.3) is 0 Å². The van der Waals surface area contributed by atoms with Crippen molar-refractivity contribution in [3.8, 4) is 0 Å². The Hall–Kier alpha value is -0.850. The third-order valence-corrected chi connectivity index (χ3v) is 1.30. The van der Waals surface area contributed by atoms with Crippen LogP contribution in [-0.2, 0) is 0 Å². The third kappa shape index (κ3) is 2.62. The van der Waals surface area contributed by atoms with E-state index in [0.717, 1.165) is 0 Å². The second-order valence-electron chi connectivity index (χ2n) is 1.96. The lowest BCUT2D eigenvalue weighted by Gasteiger charge is -1.92. The van der Waals surface area contributed by atoms with Gasteiger partial charge in [0.1, 0.15) is 0 Å². The third-order valence-electron chi connectivity index (χ3n) is 1.30. The first-order valence-corrected chi connectivity index (χ1v) is 2.68. The van der Waals surface area contributed by atoms with Crippen molar-refractivity contribution in [1.29, 1.82) is 0 Å². The van der Waals surface area contributed by atoms with Gasteiger partial charge in [-0.2, -0.15) is 0 Å². The van der Waals surface area contributed by atoms with Crippen molar-refractivity contribution in [3.05, 3.63) is 29.6 Å². The first-order chi connectivity index (χ1) is 3.80. The summed E-state index contributed by atoms with van der Waals surface area (Å²) in [5, 5.41) is 0. The molecule has 0 saturated heterocycles. The van der Waals surface area contributed by atoms with Crippen LogP contribution in [0.4, 0.5) is 0 Å². The van der Waals surface area contributed by atoms with E-state index < -0.39 is 0 Å². The van der Waals surface area contributed by atoms with Crippen molar-refractivity contribution in [3.63, 3.8) is 0 Å². The van der Waals surface area contributed by atoms with E-state index in [1.807, 2.05) is 18.5 Å². The van der Waals surface area contributed by atoms with E-state index in [9.17, 15) is 0 Å². The van der Waals surface area contributed by atoms with Crippen LogP contribution < -0.4 is 0 Å². The van der Waals surface area contributed by atoms with Gasteiger partial charge < -0.3 is 0 Å². The highest BCUT2D eigenvalue weighted by molar-refractivity contribution is 5.18. The molecule has 1 nitrogen and oxygen atoms in total. The van der Waals surface area contributed by atoms with Crippen LogP contribution in [0, 0.1) is 13.8 Å². The van der Waals surface area contributed by atoms with Gasteiger partial charge in [0.2, 0.25) is 0 Å². The van der Waals surface area contributed by atoms with E-state index in [1.54, 1.807) is 0 Å². The molecule has 1 heterocycles. The fraction of sp³-hybridized carbons (Fsp3) is 0.444. The summed E-state index contributed by atoms with van der Waals surface area (Å²) in [7, 11) is 0. The Balaban J connectivity index is 0. The summed E-state index contributed by atoms with van der Waals surface area (Å²) in [6, 6.07) is 2.01. The van der Waals surface area contributed by atoms with E-state index in [1.165, 1.54) is 11.1 Å². The molecular formula is C9H17N. The second-order valence-corrected chi connectivity index (χ2v) is 1.96. The minimum Gasteiger partial charge on any atom is -0.264 e. The zero-order valence-corrected chi connectivity index (χ0v) is 5.18. The van der Waals surface area contributed by atoms with Gasteiger partial charge in [-0.15, -0.1) is 0 Å². The van der Waals surface area contributed by atoms with Gasteiger partial charge in [-0.25, -0.2) is 0 Å². The Morgan fingerprint density at radius 2 is 1.70 bits per heavy atom. The molecule has 0 aliphatic carbocycles. The minimum absolute atomic E-state index is 0. The number of rotatable bonds is 0. The molecule has 0 radical (unpaired) electrons. The largest absolute Gasteiger partial charge is 0.264 e. The average molecular weight is 139 g/mol. The van der Waals surface area contributed by atoms with E-state index >= 15 is 0 Å². The molecule has 0 aliphatic heterocycles. The van der Waals surface area contributed by atoms with Crippen molar-refractivity contribution >= 4 is 0 Å². The molecule has 0 N–H and O–H groups in total. The summed E-state index contributed by atoms with van der Waals surface area (Å²) in [5.74, 6) is 0. The van der Waals surface area contributed by atoms with Crippen LogP contribution in [-0.4, -0.2) is 4.98 Å². The molecule has 0 spiro atoms. The fourth-order valence-electron chi connectivity index (χ4n) is 0.543. The quantitative estimate of drug-likeness (QED) is 0.538. The summed E-state index contributed by atoms with van der Waals surface area (Å²) >= 11 is 0. The molecule has 1 heteroatoms. The Labute approximate surface area is 64.1 Å². The average Bonchev–Trinajstić information content (AvgIpc) is 1.77. The summed E-state index contributed by atoms with van der Waals surface area (Å²) in [4.78, 5) is 3.95. The minimum atomic E-state index is 0. The van der Waals surface area contributed by atoms with Crippen LogP contribution in [0.15, 0.2) is 18.5 Å². The molecule has 10 heavy (non-hydrogen) atoms. The molecule has 0 saturated carbocycles. The van der Waals surface area contributed by atoms with Crippen LogP contribution >= 0.6 is 0 Å². The van der Waals surface area contributed by atoms with Crippen LogP contribution in [0.25, 0.3) is 0 Å². The molecule has 1 aromatic heterocycles. The highest BCUT2D eigenvalue weighted by Crippen LogP contribution is 2.00. The zero-order chi connectivity index (χ0) is 5.98. The highest BCUT2D eigenvalue weighted by Gasteiger charge is 1.84. The maximum Gasteiger partial charge on any atom is 0.0299 e. The lowest BCUT2D eigenvalue weighted by molar-refractivity contribution is 1.22. The Kier molecular flexibility index (Phi) is 5.92. The predicted molar refractivity (Wildman–Crippen MR) is 47.2 cm³/mol. The maximum absolute atomic E-state index is 3.95. The summed E-state index contributed by atoms with van der Waals surface area (Å²) in [6.45, 7) is 4.14. The fourth-order valence-corrected chi connectivity index (χ4v) is 0.543. The molecule has 0 unspecified atom stereocenters.